The summed E-state index contributed by atoms with van der Waals surface area (Å²) in [6.07, 6.45) is 0.537. The van der Waals surface area contributed by atoms with Gasteiger partial charge < -0.3 is 9.05 Å². The Morgan fingerprint density at radius 3 is 1.91 bits per heavy atom. The molecule has 1 aromatic rings. The molecule has 6 heteroatoms. The summed E-state index contributed by atoms with van der Waals surface area (Å²) in [6.45, 7) is 11.6. The number of benzene rings is 1. The number of carbonyl (C=O) groups excluding carboxylic acids is 2. The smallest absolute Gasteiger partial charge is 0.376 e. The van der Waals surface area contributed by atoms with Crippen LogP contribution in [0, 0.1) is 0 Å². The normalized spacial score (nSPS) is 10.7. The van der Waals surface area contributed by atoms with E-state index in [2.05, 4.69) is 13.2 Å². The predicted octanol–water partition coefficient (Wildman–Crippen LogP) is 3.31. The van der Waals surface area contributed by atoms with E-state index < -0.39 is 19.5 Å². The molecule has 0 spiro atoms. The van der Waals surface area contributed by atoms with Gasteiger partial charge in [-0.25, -0.2) is 14.2 Å². The van der Waals surface area contributed by atoms with Gasteiger partial charge in [-0.3, -0.25) is 0 Å². The molecule has 0 radical (unpaired) electrons. The van der Waals surface area contributed by atoms with Crippen molar-refractivity contribution < 1.29 is 23.2 Å². The first-order valence-electron chi connectivity index (χ1n) is 6.68. The molecular formula is C16H19O5P. The summed E-state index contributed by atoms with van der Waals surface area (Å²) in [6, 6.07) is 6.63. The Hall–Kier alpha value is -2.13. The van der Waals surface area contributed by atoms with Gasteiger partial charge in [-0.1, -0.05) is 38.3 Å². The maximum Gasteiger partial charge on any atom is 0.467 e. The zero-order valence-corrected chi connectivity index (χ0v) is 13.8. The predicted molar refractivity (Wildman–Crippen MR) is 84.9 cm³/mol. The van der Waals surface area contributed by atoms with E-state index in [-0.39, 0.29) is 16.5 Å². The van der Waals surface area contributed by atoms with Crippen LogP contribution in [0.2, 0.25) is 0 Å². The molecule has 118 valence electrons. The quantitative estimate of drug-likeness (QED) is 0.593. The summed E-state index contributed by atoms with van der Waals surface area (Å²) in [7, 11) is -4.17. The summed E-state index contributed by atoms with van der Waals surface area (Å²) in [5, 5.41) is 0.182. The van der Waals surface area contributed by atoms with Crippen LogP contribution in [0.4, 0.5) is 0 Å². The van der Waals surface area contributed by atoms with Crippen molar-refractivity contribution in [2.24, 2.45) is 0 Å². The third-order valence-electron chi connectivity index (χ3n) is 2.77. The van der Waals surface area contributed by atoms with Crippen LogP contribution >= 0.6 is 7.60 Å². The van der Waals surface area contributed by atoms with Crippen LogP contribution in [0.25, 0.3) is 0 Å². The lowest BCUT2D eigenvalue weighted by atomic mass is 10.2. The standard InChI is InChI=1S/C16H19O5P/c1-6-13-9-7-8-10-14(13)22(19,20-15(17)11(2)3)21-16(18)12(4)5/h7-10H,2,4,6H2,1,3,5H3. The lowest BCUT2D eigenvalue weighted by Gasteiger charge is -2.20. The molecule has 0 unspecified atom stereocenters. The van der Waals surface area contributed by atoms with E-state index in [0.717, 1.165) is 0 Å². The molecule has 1 rings (SSSR count). The first-order valence-corrected chi connectivity index (χ1v) is 8.23. The first-order chi connectivity index (χ1) is 10.2. The molecule has 0 heterocycles. The highest BCUT2D eigenvalue weighted by Crippen LogP contribution is 2.49. The van der Waals surface area contributed by atoms with Gasteiger partial charge in [-0.15, -0.1) is 0 Å². The van der Waals surface area contributed by atoms with E-state index in [1.807, 2.05) is 6.92 Å². The topological polar surface area (TPSA) is 69.7 Å². The second-order valence-corrected chi connectivity index (χ2v) is 6.64. The van der Waals surface area contributed by atoms with E-state index in [1.165, 1.54) is 19.9 Å². The summed E-state index contributed by atoms with van der Waals surface area (Å²) in [5.74, 6) is -1.77. The van der Waals surface area contributed by atoms with Crippen LogP contribution in [0.5, 0.6) is 0 Å². The highest BCUT2D eigenvalue weighted by molar-refractivity contribution is 7.63. The second-order valence-electron chi connectivity index (χ2n) is 4.80. The molecule has 22 heavy (non-hydrogen) atoms. The van der Waals surface area contributed by atoms with Crippen molar-refractivity contribution in [3.63, 3.8) is 0 Å². The maximum absolute atomic E-state index is 13.1. The Kier molecular flexibility index (Phi) is 5.89. The Labute approximate surface area is 130 Å². The lowest BCUT2D eigenvalue weighted by Crippen LogP contribution is -2.20. The molecule has 1 aromatic carbocycles. The number of hydrogen-bond acceptors (Lipinski definition) is 5. The minimum atomic E-state index is -4.17. The molecule has 0 aliphatic heterocycles. The summed E-state index contributed by atoms with van der Waals surface area (Å²) >= 11 is 0. The van der Waals surface area contributed by atoms with E-state index in [1.54, 1.807) is 18.2 Å². The van der Waals surface area contributed by atoms with Crippen molar-refractivity contribution in [3.05, 3.63) is 54.1 Å². The van der Waals surface area contributed by atoms with Crippen LogP contribution in [-0.4, -0.2) is 11.9 Å². The molecule has 0 N–H and O–H groups in total. The average molecular weight is 322 g/mol. The van der Waals surface area contributed by atoms with Crippen LogP contribution in [0.15, 0.2) is 48.6 Å². The van der Waals surface area contributed by atoms with Crippen LogP contribution in [-0.2, 0) is 29.6 Å². The van der Waals surface area contributed by atoms with Gasteiger partial charge >= 0.3 is 19.5 Å². The van der Waals surface area contributed by atoms with Crippen molar-refractivity contribution in [1.29, 1.82) is 0 Å². The third kappa shape index (κ3) is 4.18. The number of aryl methyl sites for hydroxylation is 1. The SMILES string of the molecule is C=C(C)C(=O)OP(=O)(OC(=O)C(=C)C)c1ccccc1CC. The fourth-order valence-electron chi connectivity index (χ4n) is 1.57. The van der Waals surface area contributed by atoms with Gasteiger partial charge in [0.05, 0.1) is 5.30 Å². The van der Waals surface area contributed by atoms with Crippen LogP contribution in [0.3, 0.4) is 0 Å². The Morgan fingerprint density at radius 2 is 1.50 bits per heavy atom. The largest absolute Gasteiger partial charge is 0.467 e. The van der Waals surface area contributed by atoms with Crippen molar-refractivity contribution in [2.45, 2.75) is 27.2 Å². The third-order valence-corrected chi connectivity index (χ3v) is 4.61. The van der Waals surface area contributed by atoms with Gasteiger partial charge in [0.1, 0.15) is 0 Å². The van der Waals surface area contributed by atoms with Crippen molar-refractivity contribution in [3.8, 4) is 0 Å². The van der Waals surface area contributed by atoms with Gasteiger partial charge in [-0.2, -0.15) is 0 Å². The van der Waals surface area contributed by atoms with Crippen LogP contribution < -0.4 is 5.30 Å². The number of rotatable bonds is 6. The van der Waals surface area contributed by atoms with Gasteiger partial charge in [0.15, 0.2) is 0 Å². The van der Waals surface area contributed by atoms with Crippen molar-refractivity contribution in [1.82, 2.24) is 0 Å². The van der Waals surface area contributed by atoms with E-state index in [4.69, 9.17) is 9.05 Å². The molecule has 0 amide bonds. The molecule has 0 atom stereocenters. The molecule has 5 nitrogen and oxygen atoms in total. The van der Waals surface area contributed by atoms with Crippen LogP contribution in [0.1, 0.15) is 26.3 Å². The molecule has 0 aromatic heterocycles. The highest BCUT2D eigenvalue weighted by atomic mass is 31.2. The molecule has 0 bridgehead atoms. The fourth-order valence-corrected chi connectivity index (χ4v) is 3.40. The molecule has 0 aliphatic rings. The molecule has 0 saturated carbocycles. The van der Waals surface area contributed by atoms with Gasteiger partial charge in [0, 0.05) is 11.1 Å². The maximum atomic E-state index is 13.1. The highest BCUT2D eigenvalue weighted by Gasteiger charge is 2.37. The Morgan fingerprint density at radius 1 is 1.05 bits per heavy atom. The van der Waals surface area contributed by atoms with E-state index in [9.17, 15) is 14.2 Å². The molecule has 0 fully saturated rings. The van der Waals surface area contributed by atoms with Crippen molar-refractivity contribution >= 4 is 24.8 Å². The fraction of sp³-hybridized carbons (Fsp3) is 0.250. The van der Waals surface area contributed by atoms with E-state index >= 15 is 0 Å². The zero-order valence-electron chi connectivity index (χ0n) is 12.9. The van der Waals surface area contributed by atoms with Crippen molar-refractivity contribution in [2.75, 3.05) is 0 Å². The lowest BCUT2D eigenvalue weighted by molar-refractivity contribution is -0.133. The Bertz CT molecular complexity index is 643. The average Bonchev–Trinajstić information content (AvgIpc) is 2.46. The zero-order chi connectivity index (χ0) is 16.9. The number of carbonyl (C=O) groups is 2. The summed E-state index contributed by atoms with van der Waals surface area (Å²) < 4.78 is 23.0. The van der Waals surface area contributed by atoms with Gasteiger partial charge in [0.25, 0.3) is 0 Å². The number of hydrogen-bond donors (Lipinski definition) is 0. The minimum absolute atomic E-state index is 0.0561. The van der Waals surface area contributed by atoms with Gasteiger partial charge in [-0.05, 0) is 31.9 Å². The first kappa shape index (κ1) is 17.9. The molecular weight excluding hydrogens is 303 g/mol. The molecule has 0 aliphatic carbocycles. The summed E-state index contributed by atoms with van der Waals surface area (Å²) in [4.78, 5) is 23.6. The monoisotopic (exact) mass is 322 g/mol. The molecule has 0 saturated heterocycles. The van der Waals surface area contributed by atoms with E-state index in [0.29, 0.717) is 12.0 Å². The minimum Gasteiger partial charge on any atom is -0.376 e. The Balaban J connectivity index is 3.35. The van der Waals surface area contributed by atoms with Gasteiger partial charge in [0.2, 0.25) is 0 Å². The second kappa shape index (κ2) is 7.23. The summed E-state index contributed by atoms with van der Waals surface area (Å²) in [5.41, 5.74) is 0.774.